The number of benzene rings is 1. The quantitative estimate of drug-likeness (QED) is 0.806. The number of piperidine rings is 1. The Morgan fingerprint density at radius 1 is 1.35 bits per heavy atom. The van der Waals surface area contributed by atoms with Gasteiger partial charge in [-0.2, -0.15) is 0 Å². The Morgan fingerprint density at radius 2 is 2.13 bits per heavy atom. The Hall–Kier alpha value is -2.08. The lowest BCUT2D eigenvalue weighted by molar-refractivity contribution is -0.144. The van der Waals surface area contributed by atoms with Gasteiger partial charge in [-0.1, -0.05) is 18.6 Å². The first-order valence-corrected chi connectivity index (χ1v) is 8.10. The predicted octanol–water partition coefficient (Wildman–Crippen LogP) is 2.35. The normalized spacial score (nSPS) is 18.4. The second-order valence-corrected chi connectivity index (χ2v) is 5.61. The molecule has 23 heavy (non-hydrogen) atoms. The molecule has 6 heteroatoms. The van der Waals surface area contributed by atoms with Crippen LogP contribution in [0.3, 0.4) is 0 Å². The van der Waals surface area contributed by atoms with Crippen LogP contribution < -0.4 is 10.1 Å². The van der Waals surface area contributed by atoms with E-state index in [4.69, 9.17) is 4.74 Å². The van der Waals surface area contributed by atoms with Crippen LogP contribution in [-0.4, -0.2) is 47.6 Å². The average Bonchev–Trinajstić information content (AvgIpc) is 2.55. The number of para-hydroxylation sites is 2. The molecular formula is C17H24N2O4. The molecule has 1 atom stereocenters. The molecule has 1 amide bonds. The van der Waals surface area contributed by atoms with Gasteiger partial charge < -0.3 is 15.2 Å². The Labute approximate surface area is 136 Å². The number of anilines is 1. The molecule has 126 valence electrons. The number of carboxylic acid groups (broad SMARTS) is 1. The van der Waals surface area contributed by atoms with E-state index in [0.29, 0.717) is 31.0 Å². The summed E-state index contributed by atoms with van der Waals surface area (Å²) in [6.45, 7) is 3.61. The predicted molar refractivity (Wildman–Crippen MR) is 87.7 cm³/mol. The Bertz CT molecular complexity index is 547. The molecule has 0 aliphatic carbocycles. The molecule has 1 aliphatic rings. The van der Waals surface area contributed by atoms with Gasteiger partial charge in [0.05, 0.1) is 12.3 Å². The van der Waals surface area contributed by atoms with Crippen molar-refractivity contribution in [2.24, 2.45) is 0 Å². The minimum absolute atomic E-state index is 0.133. The molecule has 6 nitrogen and oxygen atoms in total. The van der Waals surface area contributed by atoms with E-state index in [1.54, 1.807) is 6.07 Å². The van der Waals surface area contributed by atoms with E-state index in [-0.39, 0.29) is 12.3 Å². The van der Waals surface area contributed by atoms with Gasteiger partial charge in [0.25, 0.3) is 0 Å². The molecule has 1 unspecified atom stereocenters. The summed E-state index contributed by atoms with van der Waals surface area (Å²) in [7, 11) is 0. The third kappa shape index (κ3) is 4.96. The molecule has 1 aromatic carbocycles. The van der Waals surface area contributed by atoms with Gasteiger partial charge in [0.1, 0.15) is 11.8 Å². The van der Waals surface area contributed by atoms with Gasteiger partial charge in [0.15, 0.2) is 0 Å². The number of carbonyl (C=O) groups is 2. The van der Waals surface area contributed by atoms with Crippen LogP contribution in [0.1, 0.15) is 32.6 Å². The fraction of sp³-hybridized carbons (Fsp3) is 0.529. The van der Waals surface area contributed by atoms with Crippen LogP contribution in [0.15, 0.2) is 24.3 Å². The number of nitrogens with one attached hydrogen (secondary N) is 1. The summed E-state index contributed by atoms with van der Waals surface area (Å²) in [4.78, 5) is 25.3. The Kier molecular flexibility index (Phi) is 6.40. The number of ether oxygens (including phenoxy) is 1. The molecule has 1 heterocycles. The minimum atomic E-state index is -0.799. The first kappa shape index (κ1) is 17.3. The molecule has 0 aromatic heterocycles. The third-order valence-corrected chi connectivity index (χ3v) is 3.99. The maximum Gasteiger partial charge on any atom is 0.320 e. The summed E-state index contributed by atoms with van der Waals surface area (Å²) >= 11 is 0. The van der Waals surface area contributed by atoms with Crippen LogP contribution in [0.25, 0.3) is 0 Å². The highest BCUT2D eigenvalue weighted by atomic mass is 16.5. The van der Waals surface area contributed by atoms with E-state index in [1.807, 2.05) is 30.0 Å². The van der Waals surface area contributed by atoms with Crippen molar-refractivity contribution in [3.8, 4) is 5.75 Å². The number of rotatable bonds is 7. The summed E-state index contributed by atoms with van der Waals surface area (Å²) < 4.78 is 5.48. The molecular weight excluding hydrogens is 296 g/mol. The monoisotopic (exact) mass is 320 g/mol. The second-order valence-electron chi connectivity index (χ2n) is 5.61. The van der Waals surface area contributed by atoms with Crippen molar-refractivity contribution in [2.45, 2.75) is 38.6 Å². The maximum absolute atomic E-state index is 12.1. The number of nitrogens with zero attached hydrogens (tertiary/aromatic N) is 1. The van der Waals surface area contributed by atoms with Crippen molar-refractivity contribution in [3.05, 3.63) is 24.3 Å². The van der Waals surface area contributed by atoms with Crippen molar-refractivity contribution < 1.29 is 19.4 Å². The summed E-state index contributed by atoms with van der Waals surface area (Å²) in [5.74, 6) is -0.289. The summed E-state index contributed by atoms with van der Waals surface area (Å²) in [6.07, 6.45) is 2.84. The highest BCUT2D eigenvalue weighted by Crippen LogP contribution is 2.24. The number of aliphatic carboxylic acids is 1. The SMILES string of the molecule is CCOc1ccccc1NC(=O)CCN1CCCCC1C(=O)O. The van der Waals surface area contributed by atoms with Gasteiger partial charge in [-0.05, 0) is 38.4 Å². The second kappa shape index (κ2) is 8.53. The summed E-state index contributed by atoms with van der Waals surface area (Å²) in [5.41, 5.74) is 0.646. The molecule has 0 saturated carbocycles. The molecule has 1 aliphatic heterocycles. The lowest BCUT2D eigenvalue weighted by Gasteiger charge is -2.32. The highest BCUT2D eigenvalue weighted by Gasteiger charge is 2.28. The van der Waals surface area contributed by atoms with Crippen molar-refractivity contribution in [2.75, 3.05) is 25.0 Å². The van der Waals surface area contributed by atoms with Gasteiger partial charge in [0, 0.05) is 13.0 Å². The summed E-state index contributed by atoms with van der Waals surface area (Å²) in [5, 5.41) is 12.1. The van der Waals surface area contributed by atoms with Crippen molar-refractivity contribution in [1.29, 1.82) is 0 Å². The summed E-state index contributed by atoms with van der Waals surface area (Å²) in [6, 6.07) is 6.83. The highest BCUT2D eigenvalue weighted by molar-refractivity contribution is 5.92. The Balaban J connectivity index is 1.88. The third-order valence-electron chi connectivity index (χ3n) is 3.99. The van der Waals surface area contributed by atoms with Crippen LogP contribution in [0.4, 0.5) is 5.69 Å². The molecule has 1 fully saturated rings. The van der Waals surface area contributed by atoms with E-state index in [2.05, 4.69) is 5.32 Å². The van der Waals surface area contributed by atoms with E-state index in [1.165, 1.54) is 0 Å². The van der Waals surface area contributed by atoms with E-state index < -0.39 is 12.0 Å². The van der Waals surface area contributed by atoms with E-state index in [0.717, 1.165) is 19.4 Å². The van der Waals surface area contributed by atoms with Crippen LogP contribution in [0.5, 0.6) is 5.75 Å². The smallest absolute Gasteiger partial charge is 0.320 e. The van der Waals surface area contributed by atoms with Crippen LogP contribution in [-0.2, 0) is 9.59 Å². The van der Waals surface area contributed by atoms with Gasteiger partial charge in [-0.25, -0.2) is 0 Å². The van der Waals surface area contributed by atoms with Gasteiger partial charge in [0.2, 0.25) is 5.91 Å². The largest absolute Gasteiger partial charge is 0.492 e. The number of hydrogen-bond donors (Lipinski definition) is 2. The van der Waals surface area contributed by atoms with Gasteiger partial charge in [-0.15, -0.1) is 0 Å². The number of carbonyl (C=O) groups excluding carboxylic acids is 1. The van der Waals surface area contributed by atoms with Crippen LogP contribution in [0.2, 0.25) is 0 Å². The molecule has 0 radical (unpaired) electrons. The van der Waals surface area contributed by atoms with Crippen molar-refractivity contribution in [1.82, 2.24) is 4.90 Å². The minimum Gasteiger partial charge on any atom is -0.492 e. The first-order chi connectivity index (χ1) is 11.1. The zero-order chi connectivity index (χ0) is 16.7. The van der Waals surface area contributed by atoms with E-state index >= 15 is 0 Å². The number of amides is 1. The van der Waals surface area contributed by atoms with E-state index in [9.17, 15) is 14.7 Å². The average molecular weight is 320 g/mol. The Morgan fingerprint density at radius 3 is 2.87 bits per heavy atom. The van der Waals surface area contributed by atoms with Crippen molar-refractivity contribution in [3.63, 3.8) is 0 Å². The van der Waals surface area contributed by atoms with Gasteiger partial charge >= 0.3 is 5.97 Å². The van der Waals surface area contributed by atoms with Crippen LogP contribution in [0, 0.1) is 0 Å². The fourth-order valence-electron chi connectivity index (χ4n) is 2.85. The zero-order valence-electron chi connectivity index (χ0n) is 13.5. The molecule has 1 aromatic rings. The lowest BCUT2D eigenvalue weighted by Crippen LogP contribution is -2.45. The number of carboxylic acids is 1. The first-order valence-electron chi connectivity index (χ1n) is 8.10. The van der Waals surface area contributed by atoms with Gasteiger partial charge in [-0.3, -0.25) is 14.5 Å². The molecule has 2 N–H and O–H groups in total. The van der Waals surface area contributed by atoms with Crippen molar-refractivity contribution >= 4 is 17.6 Å². The van der Waals surface area contributed by atoms with Crippen LogP contribution >= 0.6 is 0 Å². The molecule has 1 saturated heterocycles. The fourth-order valence-corrected chi connectivity index (χ4v) is 2.85. The molecule has 0 spiro atoms. The number of hydrogen-bond acceptors (Lipinski definition) is 4. The topological polar surface area (TPSA) is 78.9 Å². The maximum atomic E-state index is 12.1. The molecule has 2 rings (SSSR count). The zero-order valence-corrected chi connectivity index (χ0v) is 13.5. The lowest BCUT2D eigenvalue weighted by atomic mass is 10.0. The standard InChI is InChI=1S/C17H24N2O4/c1-2-23-15-9-4-3-7-13(15)18-16(20)10-12-19-11-6-5-8-14(19)17(21)22/h3-4,7,9,14H,2,5-6,8,10-12H2,1H3,(H,18,20)(H,21,22). The molecule has 0 bridgehead atoms. The number of likely N-dealkylation sites (tertiary alicyclic amines) is 1.